The van der Waals surface area contributed by atoms with E-state index in [9.17, 15) is 0 Å². The number of hydrogen-bond acceptors (Lipinski definition) is 15. The molecule has 0 saturated carbocycles. The van der Waals surface area contributed by atoms with Crippen molar-refractivity contribution in [3.8, 4) is 0 Å². The van der Waals surface area contributed by atoms with Crippen LogP contribution in [0.1, 0.15) is 209 Å². The van der Waals surface area contributed by atoms with E-state index in [0.717, 1.165) is 98.7 Å². The minimum absolute atomic E-state index is 0.889. The van der Waals surface area contributed by atoms with Crippen LogP contribution >= 0.6 is 23.5 Å². The average molecular weight is 1120 g/mol. The molecule has 0 atom stereocenters. The van der Waals surface area contributed by atoms with Gasteiger partial charge in [0.05, 0.1) is 19.9 Å². The normalized spacial score (nSPS) is 17.7. The molecule has 15 heteroatoms. The molecule has 466 valence electrons. The van der Waals surface area contributed by atoms with Crippen LogP contribution in [0.25, 0.3) is 0 Å². The Morgan fingerprint density at radius 3 is 0.733 bits per heavy atom. The molecule has 13 nitrogen and oxygen atoms in total. The highest BCUT2D eigenvalue weighted by molar-refractivity contribution is 7.99. The number of nitrogens with one attached hydrogen (secondary N) is 11. The topological polar surface area (TPSA) is 151 Å². The first-order chi connectivity index (χ1) is 37.5. The zero-order valence-electron chi connectivity index (χ0n) is 54.9. The van der Waals surface area contributed by atoms with Crippen LogP contribution in [0, 0.1) is 0 Å². The van der Waals surface area contributed by atoms with Crippen molar-refractivity contribution >= 4 is 23.5 Å². The summed E-state index contributed by atoms with van der Waals surface area (Å²) in [5.74, 6) is 5.44. The Labute approximate surface area is 483 Å². The second-order valence-corrected chi connectivity index (χ2v) is 16.2. The van der Waals surface area contributed by atoms with Crippen molar-refractivity contribution in [2.24, 2.45) is 0 Å². The van der Waals surface area contributed by atoms with Crippen molar-refractivity contribution in [2.75, 3.05) is 161 Å². The molecule has 10 heterocycles. The Hall–Kier alpha value is -0.820. The quantitative estimate of drug-likeness (QED) is 0.112. The highest BCUT2D eigenvalue weighted by atomic mass is 32.2. The number of allylic oxidation sites excluding steroid dienone is 1. The third kappa shape index (κ3) is 126. The lowest BCUT2D eigenvalue weighted by atomic mass is 10.2. The molecule has 0 radical (unpaired) electrons. The van der Waals surface area contributed by atoms with Gasteiger partial charge in [-0.1, -0.05) is 151 Å². The van der Waals surface area contributed by atoms with Gasteiger partial charge in [0.1, 0.15) is 0 Å². The summed E-state index contributed by atoms with van der Waals surface area (Å²) in [4.78, 5) is 0. The van der Waals surface area contributed by atoms with E-state index < -0.39 is 0 Å². The van der Waals surface area contributed by atoms with E-state index in [4.69, 9.17) is 9.47 Å². The average Bonchev–Trinajstić information content (AvgIpc) is 4.43. The number of piperidine rings is 1. The predicted molar refractivity (Wildman–Crippen MR) is 356 cm³/mol. The van der Waals surface area contributed by atoms with E-state index in [-0.39, 0.29) is 0 Å². The van der Waals surface area contributed by atoms with Gasteiger partial charge in [-0.25, -0.2) is 0 Å². The summed E-state index contributed by atoms with van der Waals surface area (Å²) < 4.78 is 9.95. The summed E-state index contributed by atoms with van der Waals surface area (Å²) in [5, 5.41) is 34.6. The predicted octanol–water partition coefficient (Wildman–Crippen LogP) is 12.4. The fourth-order valence-electron chi connectivity index (χ4n) is 5.39. The van der Waals surface area contributed by atoms with Crippen LogP contribution in [-0.4, -0.2) is 161 Å². The van der Waals surface area contributed by atoms with E-state index in [1.165, 1.54) is 133 Å². The van der Waals surface area contributed by atoms with E-state index in [2.05, 4.69) is 76.3 Å². The monoisotopic (exact) mass is 1120 g/mol. The van der Waals surface area contributed by atoms with Crippen molar-refractivity contribution in [2.45, 2.75) is 209 Å². The Bertz CT molecular complexity index is 576. The van der Waals surface area contributed by atoms with Gasteiger partial charge in [0.2, 0.25) is 0 Å². The van der Waals surface area contributed by atoms with E-state index in [0.29, 0.717) is 0 Å². The fourth-order valence-corrected chi connectivity index (χ4v) is 7.19. The Balaban J connectivity index is -0.0000000755. The van der Waals surface area contributed by atoms with Crippen molar-refractivity contribution in [3.63, 3.8) is 0 Å². The van der Waals surface area contributed by atoms with Gasteiger partial charge < -0.3 is 68.0 Å². The molecule has 75 heavy (non-hydrogen) atoms. The maximum atomic E-state index is 5.01. The Morgan fingerprint density at radius 1 is 0.253 bits per heavy atom. The SMILES string of the molecule is C1=CNCCC1.C1=CNCN1.C1CCNC1.C1CCNCC1.C1CCOC1.C1CCSC1.C1CNCCN1.C1CNCN1.C1COCCN1.C1CSCCN1.CC.CC.CC.CC.CC.CC.CC.CC.CC.CC. The summed E-state index contributed by atoms with van der Waals surface area (Å²) >= 11 is 4.11. The van der Waals surface area contributed by atoms with Gasteiger partial charge in [-0.3, -0.25) is 0 Å². The highest BCUT2D eigenvalue weighted by Gasteiger charge is 1.97. The molecule has 8 saturated heterocycles. The molecular weight excluding hydrogens is 971 g/mol. The summed E-state index contributed by atoms with van der Waals surface area (Å²) in [6.07, 6.45) is 23.0. The molecule has 0 unspecified atom stereocenters. The molecule has 0 spiro atoms. The highest BCUT2D eigenvalue weighted by Crippen LogP contribution is 2.14. The number of ether oxygens (including phenoxy) is 2. The zero-order chi connectivity index (χ0) is 58.9. The van der Waals surface area contributed by atoms with E-state index >= 15 is 0 Å². The first kappa shape index (κ1) is 96.4. The summed E-state index contributed by atoms with van der Waals surface area (Å²) in [6, 6.07) is 0. The van der Waals surface area contributed by atoms with Crippen molar-refractivity contribution < 1.29 is 9.47 Å². The van der Waals surface area contributed by atoms with Crippen LogP contribution in [-0.2, 0) is 9.47 Å². The second-order valence-electron chi connectivity index (χ2n) is 13.7. The molecule has 11 N–H and O–H groups in total. The Morgan fingerprint density at radius 2 is 0.600 bits per heavy atom. The summed E-state index contributed by atoms with van der Waals surface area (Å²) in [5.41, 5.74) is 0. The zero-order valence-corrected chi connectivity index (χ0v) is 56.5. The van der Waals surface area contributed by atoms with Gasteiger partial charge in [-0.05, 0) is 108 Å². The van der Waals surface area contributed by atoms with Crippen molar-refractivity contribution in [1.82, 2.24) is 58.5 Å². The first-order valence-electron chi connectivity index (χ1n) is 32.0. The third-order valence-electron chi connectivity index (χ3n) is 8.65. The Kier molecular flexibility index (Phi) is 167. The van der Waals surface area contributed by atoms with E-state index in [1.807, 2.05) is 169 Å². The molecular formula is C60H147N11O2S2. The molecule has 10 aliphatic heterocycles. The second kappa shape index (κ2) is 130. The first-order valence-corrected chi connectivity index (χ1v) is 34.3. The summed E-state index contributed by atoms with van der Waals surface area (Å²) in [6.45, 7) is 63.1. The lowest BCUT2D eigenvalue weighted by molar-refractivity contribution is 0.109. The third-order valence-corrected chi connectivity index (χ3v) is 10.8. The van der Waals surface area contributed by atoms with Crippen LogP contribution in [0.15, 0.2) is 24.7 Å². The minimum atomic E-state index is 0.889. The summed E-state index contributed by atoms with van der Waals surface area (Å²) in [7, 11) is 0. The number of morpholine rings is 1. The van der Waals surface area contributed by atoms with Gasteiger partial charge in [-0.15, -0.1) is 0 Å². The molecule has 0 aromatic carbocycles. The lowest BCUT2D eigenvalue weighted by Gasteiger charge is -2.11. The molecule has 0 bridgehead atoms. The number of rotatable bonds is 0. The van der Waals surface area contributed by atoms with Crippen molar-refractivity contribution in [1.29, 1.82) is 0 Å². The number of hydrogen-bond donors (Lipinski definition) is 11. The van der Waals surface area contributed by atoms with Gasteiger partial charge >= 0.3 is 0 Å². The fraction of sp³-hybridized carbons (Fsp3) is 0.933. The van der Waals surface area contributed by atoms with Crippen LogP contribution in [0.5, 0.6) is 0 Å². The molecule has 0 amide bonds. The van der Waals surface area contributed by atoms with Gasteiger partial charge in [0.25, 0.3) is 0 Å². The smallest absolute Gasteiger partial charge is 0.0840 e. The standard InChI is InChI=1S/C5H11N.C5H9N.C4H10N2.C4H9NO.C4H9NS.C4H9N.C4H8O.C4H8S.C3H8N2.C3H6N2.10C2H6/c2*1-2-4-6-5-3-1;1-2-6-4-3-5-1;2*1-3-6-4-2-5-1;3*1-2-4-5-3-1;2*1-2-5-3-4-1;10*1-2/h6H,1-5H2;2,4,6H,1,3,5H2;5-6H,1-4H2;2*5H,1-4H2;5H,1-4H2;2*1-4H2;4-5H,1-3H2;1-2,4-5H,3H2;10*1-2H3. The van der Waals surface area contributed by atoms with E-state index in [1.54, 1.807) is 0 Å². The molecule has 0 aromatic rings. The van der Waals surface area contributed by atoms with Crippen molar-refractivity contribution in [3.05, 3.63) is 24.7 Å². The number of thioether (sulfide) groups is 2. The molecule has 0 aromatic heterocycles. The van der Waals surface area contributed by atoms with Crippen LogP contribution < -0.4 is 58.5 Å². The van der Waals surface area contributed by atoms with Gasteiger partial charge in [0, 0.05) is 116 Å². The lowest BCUT2D eigenvalue weighted by Crippen LogP contribution is -2.39. The van der Waals surface area contributed by atoms with Crippen LogP contribution in [0.4, 0.5) is 0 Å². The number of piperazine rings is 1. The van der Waals surface area contributed by atoms with Gasteiger partial charge in [0.15, 0.2) is 0 Å². The van der Waals surface area contributed by atoms with Crippen LogP contribution in [0.3, 0.4) is 0 Å². The molecule has 0 aliphatic carbocycles. The maximum Gasteiger partial charge on any atom is 0.0840 e. The van der Waals surface area contributed by atoms with Gasteiger partial charge in [-0.2, -0.15) is 23.5 Å². The maximum absolute atomic E-state index is 5.01. The minimum Gasteiger partial charge on any atom is -0.391 e. The largest absolute Gasteiger partial charge is 0.391 e. The molecule has 10 aliphatic rings. The molecule has 10 rings (SSSR count). The van der Waals surface area contributed by atoms with Crippen LogP contribution in [0.2, 0.25) is 0 Å². The molecule has 8 fully saturated rings.